The fourth-order valence-electron chi connectivity index (χ4n) is 2.66. The van der Waals surface area contributed by atoms with Gasteiger partial charge < -0.3 is 5.11 Å². The lowest BCUT2D eigenvalue weighted by molar-refractivity contribution is 0.116. The van der Waals surface area contributed by atoms with E-state index in [1.54, 1.807) is 0 Å². The van der Waals surface area contributed by atoms with Crippen molar-refractivity contribution in [2.24, 2.45) is 5.92 Å². The first-order valence-corrected chi connectivity index (χ1v) is 6.59. The van der Waals surface area contributed by atoms with Crippen molar-refractivity contribution < 1.29 is 5.11 Å². The molecule has 0 aromatic heterocycles. The molecule has 1 fully saturated rings. The summed E-state index contributed by atoms with van der Waals surface area (Å²) in [4.78, 5) is 2.49. The van der Waals surface area contributed by atoms with Crippen LogP contribution in [0.2, 0.25) is 0 Å². The number of aryl methyl sites for hydroxylation is 1. The van der Waals surface area contributed by atoms with E-state index in [0.29, 0.717) is 11.8 Å². The summed E-state index contributed by atoms with van der Waals surface area (Å²) < 4.78 is 0. The monoisotopic (exact) mass is 233 g/mol. The van der Waals surface area contributed by atoms with Gasteiger partial charge in [-0.1, -0.05) is 24.6 Å². The minimum atomic E-state index is 0.432. The van der Waals surface area contributed by atoms with Crippen LogP contribution >= 0.6 is 0 Å². The number of likely N-dealkylation sites (tertiary alicyclic amines) is 1. The van der Waals surface area contributed by atoms with E-state index in [0.717, 1.165) is 24.6 Å². The number of piperidine rings is 1. The Labute approximate surface area is 104 Å². The Balaban J connectivity index is 2.11. The lowest BCUT2D eigenvalue weighted by Crippen LogP contribution is -2.40. The molecule has 0 saturated carbocycles. The van der Waals surface area contributed by atoms with Gasteiger partial charge in [0, 0.05) is 24.7 Å². The Morgan fingerprint density at radius 3 is 2.82 bits per heavy atom. The summed E-state index contributed by atoms with van der Waals surface area (Å²) >= 11 is 0. The Hall–Kier alpha value is -1.02. The van der Waals surface area contributed by atoms with E-state index >= 15 is 0 Å². The van der Waals surface area contributed by atoms with Gasteiger partial charge >= 0.3 is 0 Å². The molecule has 2 nitrogen and oxygen atoms in total. The van der Waals surface area contributed by atoms with Crippen LogP contribution in [0.5, 0.6) is 5.75 Å². The van der Waals surface area contributed by atoms with Crippen LogP contribution in [0, 0.1) is 12.8 Å². The minimum absolute atomic E-state index is 0.432. The summed E-state index contributed by atoms with van der Waals surface area (Å²) in [6.45, 7) is 8.70. The average molecular weight is 233 g/mol. The van der Waals surface area contributed by atoms with E-state index in [-0.39, 0.29) is 0 Å². The van der Waals surface area contributed by atoms with Gasteiger partial charge in [0.25, 0.3) is 0 Å². The van der Waals surface area contributed by atoms with Crippen LogP contribution in [-0.2, 0) is 6.54 Å². The molecule has 2 unspecified atom stereocenters. The Kier molecular flexibility index (Phi) is 3.72. The maximum Gasteiger partial charge on any atom is 0.120 e. The van der Waals surface area contributed by atoms with E-state index in [1.807, 2.05) is 12.1 Å². The third-order valence-corrected chi connectivity index (χ3v) is 3.86. The van der Waals surface area contributed by atoms with Gasteiger partial charge in [-0.25, -0.2) is 0 Å². The number of hydrogen-bond donors (Lipinski definition) is 1. The predicted molar refractivity (Wildman–Crippen MR) is 71.1 cm³/mol. The molecule has 1 saturated heterocycles. The van der Waals surface area contributed by atoms with Gasteiger partial charge in [-0.3, -0.25) is 4.90 Å². The number of benzene rings is 1. The molecule has 0 amide bonds. The topological polar surface area (TPSA) is 23.5 Å². The first-order chi connectivity index (χ1) is 8.06. The maximum absolute atomic E-state index is 9.89. The summed E-state index contributed by atoms with van der Waals surface area (Å²) in [6.07, 6.45) is 2.60. The lowest BCUT2D eigenvalue weighted by atomic mass is 9.94. The Morgan fingerprint density at radius 2 is 2.06 bits per heavy atom. The van der Waals surface area contributed by atoms with E-state index in [4.69, 9.17) is 0 Å². The molecule has 1 aliphatic heterocycles. The van der Waals surface area contributed by atoms with Gasteiger partial charge in [-0.05, 0) is 38.7 Å². The largest absolute Gasteiger partial charge is 0.508 e. The average Bonchev–Trinajstić information content (AvgIpc) is 2.28. The van der Waals surface area contributed by atoms with Crippen molar-refractivity contribution >= 4 is 0 Å². The number of aromatic hydroxyl groups is 1. The summed E-state index contributed by atoms with van der Waals surface area (Å²) in [6, 6.07) is 6.50. The number of phenols is 1. The van der Waals surface area contributed by atoms with Crippen molar-refractivity contribution in [2.45, 2.75) is 46.2 Å². The molecule has 1 aromatic rings. The van der Waals surface area contributed by atoms with Gasteiger partial charge in [0.2, 0.25) is 0 Å². The van der Waals surface area contributed by atoms with Crippen molar-refractivity contribution in [3.63, 3.8) is 0 Å². The predicted octanol–water partition coefficient (Wildman–Crippen LogP) is 3.32. The minimum Gasteiger partial charge on any atom is -0.508 e. The van der Waals surface area contributed by atoms with Gasteiger partial charge in [-0.15, -0.1) is 0 Å². The summed E-state index contributed by atoms with van der Waals surface area (Å²) in [5.74, 6) is 1.21. The maximum atomic E-state index is 9.89. The van der Waals surface area contributed by atoms with Crippen LogP contribution in [0.3, 0.4) is 0 Å². The molecule has 2 heteroatoms. The zero-order chi connectivity index (χ0) is 12.4. The van der Waals surface area contributed by atoms with E-state index < -0.39 is 0 Å². The number of rotatable bonds is 2. The smallest absolute Gasteiger partial charge is 0.120 e. The van der Waals surface area contributed by atoms with Crippen LogP contribution in [0.1, 0.15) is 37.8 Å². The summed E-state index contributed by atoms with van der Waals surface area (Å²) in [5.41, 5.74) is 2.28. The van der Waals surface area contributed by atoms with E-state index in [1.165, 1.54) is 18.4 Å². The number of hydrogen-bond acceptors (Lipinski definition) is 2. The first kappa shape index (κ1) is 12.4. The standard InChI is InChI=1S/C15H23NO/c1-11-5-7-15(17)14(8-11)10-16-9-12(2)4-6-13(16)3/h5,7-8,12-13,17H,4,6,9-10H2,1-3H3. The second kappa shape index (κ2) is 5.09. The third-order valence-electron chi connectivity index (χ3n) is 3.86. The van der Waals surface area contributed by atoms with Gasteiger partial charge in [-0.2, -0.15) is 0 Å². The first-order valence-electron chi connectivity index (χ1n) is 6.59. The molecule has 94 valence electrons. The van der Waals surface area contributed by atoms with Crippen molar-refractivity contribution in [1.29, 1.82) is 0 Å². The van der Waals surface area contributed by atoms with Crippen molar-refractivity contribution in [3.05, 3.63) is 29.3 Å². The zero-order valence-electron chi connectivity index (χ0n) is 11.1. The molecule has 0 aliphatic carbocycles. The lowest BCUT2D eigenvalue weighted by Gasteiger charge is -2.36. The Bertz CT molecular complexity index is 389. The SMILES string of the molecule is Cc1ccc(O)c(CN2CC(C)CCC2C)c1. The summed E-state index contributed by atoms with van der Waals surface area (Å²) in [7, 11) is 0. The van der Waals surface area contributed by atoms with Crippen LogP contribution in [-0.4, -0.2) is 22.6 Å². The van der Waals surface area contributed by atoms with Crippen LogP contribution in [0.15, 0.2) is 18.2 Å². The van der Waals surface area contributed by atoms with Gasteiger partial charge in [0.15, 0.2) is 0 Å². The summed E-state index contributed by atoms with van der Waals surface area (Å²) in [5, 5.41) is 9.89. The van der Waals surface area contributed by atoms with Crippen LogP contribution < -0.4 is 0 Å². The van der Waals surface area contributed by atoms with Crippen LogP contribution in [0.25, 0.3) is 0 Å². The number of phenolic OH excluding ortho intramolecular Hbond substituents is 1. The van der Waals surface area contributed by atoms with Gasteiger partial charge in [0.1, 0.15) is 5.75 Å². The van der Waals surface area contributed by atoms with E-state index in [9.17, 15) is 5.11 Å². The fraction of sp³-hybridized carbons (Fsp3) is 0.600. The van der Waals surface area contributed by atoms with Crippen LogP contribution in [0.4, 0.5) is 0 Å². The highest BCUT2D eigenvalue weighted by atomic mass is 16.3. The molecule has 1 aliphatic rings. The highest BCUT2D eigenvalue weighted by molar-refractivity contribution is 5.35. The fourth-order valence-corrected chi connectivity index (χ4v) is 2.66. The van der Waals surface area contributed by atoms with E-state index in [2.05, 4.69) is 31.7 Å². The normalized spacial score (nSPS) is 26.1. The Morgan fingerprint density at radius 1 is 1.29 bits per heavy atom. The van der Waals surface area contributed by atoms with Crippen molar-refractivity contribution in [1.82, 2.24) is 4.90 Å². The molecule has 0 spiro atoms. The van der Waals surface area contributed by atoms with Gasteiger partial charge in [0.05, 0.1) is 0 Å². The molecule has 0 radical (unpaired) electrons. The highest BCUT2D eigenvalue weighted by Crippen LogP contribution is 2.26. The molecular weight excluding hydrogens is 210 g/mol. The second-order valence-electron chi connectivity index (χ2n) is 5.59. The molecule has 2 atom stereocenters. The molecule has 2 rings (SSSR count). The number of nitrogens with zero attached hydrogens (tertiary/aromatic N) is 1. The molecule has 1 aromatic carbocycles. The highest BCUT2D eigenvalue weighted by Gasteiger charge is 2.23. The molecule has 17 heavy (non-hydrogen) atoms. The second-order valence-corrected chi connectivity index (χ2v) is 5.59. The molecule has 1 heterocycles. The van der Waals surface area contributed by atoms with Crippen molar-refractivity contribution in [3.8, 4) is 5.75 Å². The quantitative estimate of drug-likeness (QED) is 0.847. The zero-order valence-corrected chi connectivity index (χ0v) is 11.1. The third kappa shape index (κ3) is 3.01. The molecule has 0 bridgehead atoms. The molecule has 1 N–H and O–H groups in total. The van der Waals surface area contributed by atoms with Crippen molar-refractivity contribution in [2.75, 3.05) is 6.54 Å². The molecular formula is C15H23NO.